The molecule has 1 aromatic heterocycles. The van der Waals surface area contributed by atoms with Gasteiger partial charge in [0, 0.05) is 56.3 Å². The zero-order valence-electron chi connectivity index (χ0n) is 15.9. The Labute approximate surface area is 160 Å². The number of imidazole rings is 1. The van der Waals surface area contributed by atoms with Gasteiger partial charge in [-0.25, -0.2) is 4.98 Å². The maximum absolute atomic E-state index is 12.6. The average molecular weight is 379 g/mol. The molecule has 144 valence electrons. The molecule has 0 bridgehead atoms. The van der Waals surface area contributed by atoms with Crippen LogP contribution in [-0.2, 0) is 16.0 Å². The van der Waals surface area contributed by atoms with Crippen LogP contribution in [-0.4, -0.2) is 68.8 Å². The highest BCUT2D eigenvalue weighted by molar-refractivity contribution is 8.00. The molecular formula is C19H30N4O2S. The maximum atomic E-state index is 12.6. The van der Waals surface area contributed by atoms with Crippen LogP contribution in [0.5, 0.6) is 0 Å². The summed E-state index contributed by atoms with van der Waals surface area (Å²) in [6.45, 7) is 7.42. The SMILES string of the molecule is CC(C)SCC(=O)N1CCCC2(CCC(=O)N(CCc3cnc[nH]3)C2)C1. The lowest BCUT2D eigenvalue weighted by molar-refractivity contribution is -0.142. The minimum atomic E-state index is 0.0816. The molecule has 0 aromatic carbocycles. The molecule has 6 nitrogen and oxygen atoms in total. The van der Waals surface area contributed by atoms with Gasteiger partial charge in [-0.15, -0.1) is 11.8 Å². The van der Waals surface area contributed by atoms with E-state index in [2.05, 4.69) is 23.8 Å². The predicted octanol–water partition coefficient (Wildman–Crippen LogP) is 2.33. The number of carbonyl (C=O) groups is 2. The number of carbonyl (C=O) groups excluding carboxylic acids is 2. The monoisotopic (exact) mass is 378 g/mol. The van der Waals surface area contributed by atoms with Crippen molar-refractivity contribution >= 4 is 23.6 Å². The number of thioether (sulfide) groups is 1. The quantitative estimate of drug-likeness (QED) is 0.825. The molecule has 3 rings (SSSR count). The standard InChI is InChI=1S/C19H30N4O2S/c1-15(2)26-11-18(25)22-8-3-6-19(12-22)7-4-17(24)23(13-19)9-5-16-10-20-14-21-16/h10,14-15H,3-9,11-13H2,1-2H3,(H,20,21). The van der Waals surface area contributed by atoms with Gasteiger partial charge in [0.1, 0.15) is 0 Å². The Morgan fingerprint density at radius 1 is 1.38 bits per heavy atom. The van der Waals surface area contributed by atoms with Gasteiger partial charge in [-0.2, -0.15) is 0 Å². The highest BCUT2D eigenvalue weighted by Gasteiger charge is 2.42. The van der Waals surface area contributed by atoms with Crippen LogP contribution in [0, 0.1) is 5.41 Å². The topological polar surface area (TPSA) is 69.3 Å². The third-order valence-electron chi connectivity index (χ3n) is 5.51. The van der Waals surface area contributed by atoms with Gasteiger partial charge in [-0.05, 0) is 24.5 Å². The van der Waals surface area contributed by atoms with Crippen molar-refractivity contribution in [3.8, 4) is 0 Å². The van der Waals surface area contributed by atoms with E-state index in [1.54, 1.807) is 18.1 Å². The van der Waals surface area contributed by atoms with Crippen molar-refractivity contribution in [1.82, 2.24) is 19.8 Å². The molecule has 2 amide bonds. The van der Waals surface area contributed by atoms with Gasteiger partial charge in [-0.1, -0.05) is 13.8 Å². The van der Waals surface area contributed by atoms with E-state index >= 15 is 0 Å². The third kappa shape index (κ3) is 4.81. The Hall–Kier alpha value is -1.50. The van der Waals surface area contributed by atoms with E-state index < -0.39 is 0 Å². The van der Waals surface area contributed by atoms with Crippen LogP contribution in [0.4, 0.5) is 0 Å². The number of aromatic amines is 1. The fraction of sp³-hybridized carbons (Fsp3) is 0.737. The number of piperidine rings is 2. The molecule has 1 aromatic rings. The van der Waals surface area contributed by atoms with Gasteiger partial charge in [0.05, 0.1) is 12.1 Å². The summed E-state index contributed by atoms with van der Waals surface area (Å²) in [7, 11) is 0. The lowest BCUT2D eigenvalue weighted by Crippen LogP contribution is -2.55. The second kappa shape index (κ2) is 8.46. The van der Waals surface area contributed by atoms with E-state index in [0.29, 0.717) is 17.4 Å². The summed E-state index contributed by atoms with van der Waals surface area (Å²) < 4.78 is 0. The molecule has 7 heteroatoms. The van der Waals surface area contributed by atoms with Crippen LogP contribution < -0.4 is 0 Å². The van der Waals surface area contributed by atoms with Crippen LogP contribution in [0.3, 0.4) is 0 Å². The second-order valence-electron chi connectivity index (χ2n) is 7.92. The summed E-state index contributed by atoms with van der Waals surface area (Å²) in [6, 6.07) is 0. The van der Waals surface area contributed by atoms with E-state index in [4.69, 9.17) is 0 Å². The Morgan fingerprint density at radius 2 is 2.23 bits per heavy atom. The molecule has 1 unspecified atom stereocenters. The minimum Gasteiger partial charge on any atom is -0.348 e. The zero-order valence-corrected chi connectivity index (χ0v) is 16.7. The number of rotatable bonds is 6. The molecule has 1 N–H and O–H groups in total. The highest BCUT2D eigenvalue weighted by atomic mass is 32.2. The van der Waals surface area contributed by atoms with E-state index in [0.717, 1.165) is 57.6 Å². The Kier molecular flexibility index (Phi) is 6.27. The van der Waals surface area contributed by atoms with Crippen molar-refractivity contribution in [1.29, 1.82) is 0 Å². The number of hydrogen-bond acceptors (Lipinski definition) is 4. The fourth-order valence-electron chi connectivity index (χ4n) is 4.07. The second-order valence-corrected chi connectivity index (χ2v) is 9.49. The fourth-order valence-corrected chi connectivity index (χ4v) is 4.72. The summed E-state index contributed by atoms with van der Waals surface area (Å²) >= 11 is 1.71. The van der Waals surface area contributed by atoms with E-state index in [-0.39, 0.29) is 17.2 Å². The average Bonchev–Trinajstić information content (AvgIpc) is 3.14. The maximum Gasteiger partial charge on any atom is 0.232 e. The summed E-state index contributed by atoms with van der Waals surface area (Å²) in [4.78, 5) is 36.1. The smallest absolute Gasteiger partial charge is 0.232 e. The van der Waals surface area contributed by atoms with Crippen LogP contribution >= 0.6 is 11.8 Å². The first kappa shape index (κ1) is 19.3. The van der Waals surface area contributed by atoms with Crippen molar-refractivity contribution in [3.05, 3.63) is 18.2 Å². The van der Waals surface area contributed by atoms with Gasteiger partial charge < -0.3 is 14.8 Å². The van der Waals surface area contributed by atoms with Gasteiger partial charge in [0.15, 0.2) is 0 Å². The van der Waals surface area contributed by atoms with E-state index in [9.17, 15) is 9.59 Å². The van der Waals surface area contributed by atoms with Crippen LogP contribution in [0.2, 0.25) is 0 Å². The summed E-state index contributed by atoms with van der Waals surface area (Å²) in [5, 5.41) is 0.475. The van der Waals surface area contributed by atoms with Crippen LogP contribution in [0.15, 0.2) is 12.5 Å². The molecule has 1 atom stereocenters. The molecule has 2 aliphatic rings. The molecule has 0 saturated carbocycles. The molecule has 3 heterocycles. The third-order valence-corrected chi connectivity index (χ3v) is 6.59. The number of aromatic nitrogens is 2. The Morgan fingerprint density at radius 3 is 2.96 bits per heavy atom. The minimum absolute atomic E-state index is 0.0816. The first-order valence-electron chi connectivity index (χ1n) is 9.62. The van der Waals surface area contributed by atoms with Crippen molar-refractivity contribution in [2.75, 3.05) is 31.9 Å². The zero-order chi connectivity index (χ0) is 18.6. The molecule has 26 heavy (non-hydrogen) atoms. The Balaban J connectivity index is 1.59. The first-order valence-corrected chi connectivity index (χ1v) is 10.7. The first-order chi connectivity index (χ1) is 12.5. The molecule has 0 aliphatic carbocycles. The van der Waals surface area contributed by atoms with Gasteiger partial charge in [0.25, 0.3) is 0 Å². The van der Waals surface area contributed by atoms with Crippen molar-refractivity contribution in [3.63, 3.8) is 0 Å². The highest BCUT2D eigenvalue weighted by Crippen LogP contribution is 2.39. The van der Waals surface area contributed by atoms with Crippen molar-refractivity contribution in [2.45, 2.75) is 51.2 Å². The summed E-state index contributed by atoms with van der Waals surface area (Å²) in [5.74, 6) is 1.06. The molecule has 2 saturated heterocycles. The summed E-state index contributed by atoms with van der Waals surface area (Å²) in [6.07, 6.45) is 7.96. The van der Waals surface area contributed by atoms with Crippen molar-refractivity contribution < 1.29 is 9.59 Å². The number of hydrogen-bond donors (Lipinski definition) is 1. The van der Waals surface area contributed by atoms with Gasteiger partial charge >= 0.3 is 0 Å². The molecular weight excluding hydrogens is 348 g/mol. The molecule has 1 spiro atoms. The molecule has 0 radical (unpaired) electrons. The lowest BCUT2D eigenvalue weighted by atomic mass is 9.73. The van der Waals surface area contributed by atoms with Crippen LogP contribution in [0.25, 0.3) is 0 Å². The molecule has 2 fully saturated rings. The van der Waals surface area contributed by atoms with Crippen LogP contribution in [0.1, 0.15) is 45.2 Å². The Bertz CT molecular complexity index is 619. The number of amides is 2. The number of nitrogens with zero attached hydrogens (tertiary/aromatic N) is 3. The van der Waals surface area contributed by atoms with Gasteiger partial charge in [-0.3, -0.25) is 9.59 Å². The predicted molar refractivity (Wildman–Crippen MR) is 104 cm³/mol. The largest absolute Gasteiger partial charge is 0.348 e. The summed E-state index contributed by atoms with van der Waals surface area (Å²) in [5.41, 5.74) is 1.14. The lowest BCUT2D eigenvalue weighted by Gasteiger charge is -2.48. The van der Waals surface area contributed by atoms with E-state index in [1.165, 1.54) is 0 Å². The number of likely N-dealkylation sites (tertiary alicyclic amines) is 2. The van der Waals surface area contributed by atoms with Crippen molar-refractivity contribution in [2.24, 2.45) is 5.41 Å². The van der Waals surface area contributed by atoms with Gasteiger partial charge in [0.2, 0.25) is 11.8 Å². The normalized spacial score (nSPS) is 23.9. The number of nitrogens with one attached hydrogen (secondary N) is 1. The molecule has 2 aliphatic heterocycles. The van der Waals surface area contributed by atoms with E-state index in [1.807, 2.05) is 16.0 Å². The number of H-pyrrole nitrogens is 1.